The maximum Gasteiger partial charge on any atom is 0.407 e. The molecule has 2 amide bonds. The summed E-state index contributed by atoms with van der Waals surface area (Å²) in [7, 11) is 0. The Morgan fingerprint density at radius 2 is 1.88 bits per heavy atom. The van der Waals surface area contributed by atoms with Gasteiger partial charge < -0.3 is 20.7 Å². The molecular formula is C25H34N4O3. The van der Waals surface area contributed by atoms with E-state index in [4.69, 9.17) is 10.5 Å². The van der Waals surface area contributed by atoms with E-state index in [9.17, 15) is 9.59 Å². The molecule has 1 aromatic heterocycles. The third-order valence-electron chi connectivity index (χ3n) is 5.71. The van der Waals surface area contributed by atoms with Gasteiger partial charge in [0.2, 0.25) is 5.91 Å². The first kappa shape index (κ1) is 23.6. The van der Waals surface area contributed by atoms with E-state index in [1.165, 1.54) is 0 Å². The summed E-state index contributed by atoms with van der Waals surface area (Å²) < 4.78 is 5.52. The Hall–Kier alpha value is -3.09. The van der Waals surface area contributed by atoms with Crippen molar-refractivity contribution in [1.29, 1.82) is 0 Å². The number of primary amides is 1. The molecule has 3 N–H and O–H groups in total. The topological polar surface area (TPSA) is 97.5 Å². The SMILES string of the molecule is CC(C)(C)OC(=O)NC(Cc1ccccc1)CC1CC(C(N)=O)CCN1c1ccncc1. The molecule has 2 heterocycles. The van der Waals surface area contributed by atoms with Crippen molar-refractivity contribution in [2.75, 3.05) is 11.4 Å². The van der Waals surface area contributed by atoms with Crippen LogP contribution in [0.1, 0.15) is 45.6 Å². The van der Waals surface area contributed by atoms with Crippen LogP contribution in [0, 0.1) is 5.92 Å². The van der Waals surface area contributed by atoms with Crippen LogP contribution in [-0.2, 0) is 16.0 Å². The molecule has 3 rings (SSSR count). The van der Waals surface area contributed by atoms with E-state index >= 15 is 0 Å². The molecule has 0 radical (unpaired) electrons. The summed E-state index contributed by atoms with van der Waals surface area (Å²) in [6.45, 7) is 6.28. The number of alkyl carbamates (subject to hydrolysis) is 1. The minimum atomic E-state index is -0.577. The molecular weight excluding hydrogens is 404 g/mol. The van der Waals surface area contributed by atoms with Gasteiger partial charge in [0.1, 0.15) is 5.60 Å². The smallest absolute Gasteiger partial charge is 0.407 e. The van der Waals surface area contributed by atoms with Gasteiger partial charge in [-0.2, -0.15) is 0 Å². The zero-order chi connectivity index (χ0) is 23.1. The Balaban J connectivity index is 1.82. The van der Waals surface area contributed by atoms with E-state index < -0.39 is 11.7 Å². The first-order valence-corrected chi connectivity index (χ1v) is 11.2. The van der Waals surface area contributed by atoms with Crippen molar-refractivity contribution in [3.8, 4) is 0 Å². The highest BCUT2D eigenvalue weighted by molar-refractivity contribution is 5.77. The van der Waals surface area contributed by atoms with Gasteiger partial charge in [-0.3, -0.25) is 9.78 Å². The Bertz CT molecular complexity index is 883. The van der Waals surface area contributed by atoms with Gasteiger partial charge >= 0.3 is 6.09 Å². The summed E-state index contributed by atoms with van der Waals surface area (Å²) in [4.78, 5) is 31.0. The van der Waals surface area contributed by atoms with Gasteiger partial charge in [-0.1, -0.05) is 30.3 Å². The molecule has 2 aromatic rings. The Morgan fingerprint density at radius 3 is 2.50 bits per heavy atom. The van der Waals surface area contributed by atoms with Crippen LogP contribution in [-0.4, -0.2) is 41.2 Å². The lowest BCUT2D eigenvalue weighted by molar-refractivity contribution is -0.122. The number of hydrogen-bond donors (Lipinski definition) is 2. The molecule has 7 heteroatoms. The molecule has 0 bridgehead atoms. The molecule has 1 aliphatic rings. The lowest BCUT2D eigenvalue weighted by Gasteiger charge is -2.41. The third kappa shape index (κ3) is 6.97. The second-order valence-electron chi connectivity index (χ2n) is 9.44. The number of anilines is 1. The first-order valence-electron chi connectivity index (χ1n) is 11.2. The normalized spacial score (nSPS) is 19.8. The lowest BCUT2D eigenvalue weighted by Crippen LogP contribution is -2.50. The molecule has 3 atom stereocenters. The predicted octanol–water partition coefficient (Wildman–Crippen LogP) is 3.68. The fourth-order valence-electron chi connectivity index (χ4n) is 4.30. The van der Waals surface area contributed by atoms with Gasteiger partial charge in [-0.15, -0.1) is 0 Å². The van der Waals surface area contributed by atoms with Gasteiger partial charge in [0.25, 0.3) is 0 Å². The molecule has 0 spiro atoms. The van der Waals surface area contributed by atoms with Crippen molar-refractivity contribution in [3.63, 3.8) is 0 Å². The number of hydrogen-bond acceptors (Lipinski definition) is 5. The largest absolute Gasteiger partial charge is 0.444 e. The number of aromatic nitrogens is 1. The van der Waals surface area contributed by atoms with Crippen LogP contribution in [0.5, 0.6) is 0 Å². The van der Waals surface area contributed by atoms with Crippen molar-refractivity contribution in [3.05, 3.63) is 60.4 Å². The highest BCUT2D eigenvalue weighted by Gasteiger charge is 2.33. The van der Waals surface area contributed by atoms with Crippen molar-refractivity contribution in [1.82, 2.24) is 10.3 Å². The second kappa shape index (κ2) is 10.5. The van der Waals surface area contributed by atoms with Crippen molar-refractivity contribution >= 4 is 17.7 Å². The van der Waals surface area contributed by atoms with Crippen LogP contribution in [0.25, 0.3) is 0 Å². The maximum absolute atomic E-state index is 12.6. The minimum Gasteiger partial charge on any atom is -0.444 e. The average molecular weight is 439 g/mol. The molecule has 172 valence electrons. The fourth-order valence-corrected chi connectivity index (χ4v) is 4.30. The van der Waals surface area contributed by atoms with Gasteiger partial charge in [-0.25, -0.2) is 4.79 Å². The molecule has 32 heavy (non-hydrogen) atoms. The zero-order valence-corrected chi connectivity index (χ0v) is 19.2. The summed E-state index contributed by atoms with van der Waals surface area (Å²) in [5.74, 6) is -0.430. The number of piperidine rings is 1. The summed E-state index contributed by atoms with van der Waals surface area (Å²) in [6, 6.07) is 13.9. The van der Waals surface area contributed by atoms with Crippen LogP contribution >= 0.6 is 0 Å². The molecule has 0 saturated carbocycles. The number of rotatable bonds is 7. The summed E-state index contributed by atoms with van der Waals surface area (Å²) in [5.41, 5.74) is 7.27. The van der Waals surface area contributed by atoms with Crippen molar-refractivity contribution in [2.45, 2.75) is 64.1 Å². The van der Waals surface area contributed by atoms with Crippen molar-refractivity contribution in [2.24, 2.45) is 11.7 Å². The van der Waals surface area contributed by atoms with E-state index in [0.717, 1.165) is 24.2 Å². The number of nitrogens with one attached hydrogen (secondary N) is 1. The first-order chi connectivity index (χ1) is 15.2. The van der Waals surface area contributed by atoms with Crippen LogP contribution in [0.2, 0.25) is 0 Å². The Morgan fingerprint density at radius 1 is 1.19 bits per heavy atom. The van der Waals surface area contributed by atoms with Crippen LogP contribution in [0.4, 0.5) is 10.5 Å². The highest BCUT2D eigenvalue weighted by Crippen LogP contribution is 2.30. The fraction of sp³-hybridized carbons (Fsp3) is 0.480. The third-order valence-corrected chi connectivity index (χ3v) is 5.71. The number of carbonyl (C=O) groups excluding carboxylic acids is 2. The molecule has 3 unspecified atom stereocenters. The van der Waals surface area contributed by atoms with Crippen molar-refractivity contribution < 1.29 is 14.3 Å². The summed E-state index contributed by atoms with van der Waals surface area (Å²) >= 11 is 0. The average Bonchev–Trinajstić information content (AvgIpc) is 2.73. The predicted molar refractivity (Wildman–Crippen MR) is 125 cm³/mol. The number of nitrogens with zero attached hydrogens (tertiary/aromatic N) is 2. The summed E-state index contributed by atoms with van der Waals surface area (Å²) in [6.07, 6.45) is 5.81. The molecule has 0 aliphatic carbocycles. The highest BCUT2D eigenvalue weighted by atomic mass is 16.6. The number of pyridine rings is 1. The van der Waals surface area contributed by atoms with E-state index in [2.05, 4.69) is 27.3 Å². The maximum atomic E-state index is 12.6. The van der Waals surface area contributed by atoms with Crippen LogP contribution in [0.3, 0.4) is 0 Å². The number of amides is 2. The number of benzene rings is 1. The minimum absolute atomic E-state index is 0.0484. The van der Waals surface area contributed by atoms with E-state index in [0.29, 0.717) is 19.3 Å². The van der Waals surface area contributed by atoms with E-state index in [-0.39, 0.29) is 23.9 Å². The van der Waals surface area contributed by atoms with Gasteiger partial charge in [0.05, 0.1) is 0 Å². The molecule has 1 aliphatic heterocycles. The summed E-state index contributed by atoms with van der Waals surface area (Å²) in [5, 5.41) is 3.07. The van der Waals surface area contributed by atoms with E-state index in [1.807, 2.05) is 51.1 Å². The lowest BCUT2D eigenvalue weighted by atomic mass is 9.85. The van der Waals surface area contributed by atoms with Crippen LogP contribution in [0.15, 0.2) is 54.9 Å². The van der Waals surface area contributed by atoms with Gasteiger partial charge in [0.15, 0.2) is 0 Å². The number of ether oxygens (including phenoxy) is 1. The molecule has 1 aromatic carbocycles. The van der Waals surface area contributed by atoms with Gasteiger partial charge in [-0.05, 0) is 64.2 Å². The van der Waals surface area contributed by atoms with E-state index in [1.54, 1.807) is 12.4 Å². The second-order valence-corrected chi connectivity index (χ2v) is 9.44. The van der Waals surface area contributed by atoms with Gasteiger partial charge in [0, 0.05) is 42.6 Å². The standard InChI is InChI=1S/C25H34N4O3/c1-25(2,3)32-24(31)28-20(15-18-7-5-4-6-8-18)17-22-16-19(23(26)30)11-14-29(22)21-9-12-27-13-10-21/h4-10,12-13,19-20,22H,11,14-17H2,1-3H3,(H2,26,30)(H,28,31). The Labute approximate surface area is 190 Å². The molecule has 7 nitrogen and oxygen atoms in total. The number of nitrogens with two attached hydrogens (primary N) is 1. The molecule has 1 fully saturated rings. The molecule has 1 saturated heterocycles. The van der Waals surface area contributed by atoms with Crippen LogP contribution < -0.4 is 16.0 Å². The zero-order valence-electron chi connectivity index (χ0n) is 19.2. The Kier molecular flexibility index (Phi) is 7.72. The number of carbonyl (C=O) groups is 2. The monoisotopic (exact) mass is 438 g/mol. The quantitative estimate of drug-likeness (QED) is 0.687.